The summed E-state index contributed by atoms with van der Waals surface area (Å²) >= 11 is 0. The quantitative estimate of drug-likeness (QED) is 0.373. The lowest BCUT2D eigenvalue weighted by Crippen LogP contribution is -2.47. The highest BCUT2D eigenvalue weighted by Crippen LogP contribution is 2.54. The first-order chi connectivity index (χ1) is 21.3. The number of hydrogen-bond acceptors (Lipinski definition) is 6. The maximum absolute atomic E-state index is 14.1. The van der Waals surface area contributed by atoms with Gasteiger partial charge in [0.15, 0.2) is 5.60 Å². The average molecular weight is 596 g/mol. The maximum atomic E-state index is 14.1. The van der Waals surface area contributed by atoms with Crippen LogP contribution < -0.4 is 15.0 Å². The zero-order valence-electron chi connectivity index (χ0n) is 25.0. The minimum Gasteiger partial charge on any atom is -0.497 e. The van der Waals surface area contributed by atoms with Crippen molar-refractivity contribution in [1.29, 1.82) is 0 Å². The van der Waals surface area contributed by atoms with Crippen LogP contribution in [0.2, 0.25) is 0 Å². The van der Waals surface area contributed by atoms with Gasteiger partial charge in [0.05, 0.1) is 38.0 Å². The van der Waals surface area contributed by atoms with E-state index in [9.17, 15) is 19.5 Å². The molecule has 0 aromatic heterocycles. The van der Waals surface area contributed by atoms with E-state index in [1.807, 2.05) is 43.3 Å². The predicted molar refractivity (Wildman–Crippen MR) is 166 cm³/mol. The van der Waals surface area contributed by atoms with Crippen LogP contribution in [0, 0.1) is 5.92 Å². The van der Waals surface area contributed by atoms with Crippen LogP contribution in [0.25, 0.3) is 0 Å². The smallest absolute Gasteiger partial charge is 0.264 e. The zero-order valence-corrected chi connectivity index (χ0v) is 25.0. The van der Waals surface area contributed by atoms with E-state index < -0.39 is 11.7 Å². The molecule has 3 heterocycles. The molecule has 0 bridgehead atoms. The second-order valence-electron chi connectivity index (χ2n) is 11.8. The van der Waals surface area contributed by atoms with Gasteiger partial charge in [-0.3, -0.25) is 14.4 Å². The number of aliphatic hydroxyl groups excluding tert-OH is 1. The summed E-state index contributed by atoms with van der Waals surface area (Å²) in [6.45, 7) is 6.41. The van der Waals surface area contributed by atoms with Gasteiger partial charge in [-0.2, -0.15) is 0 Å². The van der Waals surface area contributed by atoms with Gasteiger partial charge >= 0.3 is 0 Å². The Balaban J connectivity index is 1.25. The zero-order chi connectivity index (χ0) is 31.0. The Bertz CT molecular complexity index is 1600. The van der Waals surface area contributed by atoms with Crippen molar-refractivity contribution in [3.8, 4) is 5.75 Å². The number of hydrogen-bond donors (Lipinski definition) is 2. The Morgan fingerprint density at radius 1 is 1.14 bits per heavy atom. The van der Waals surface area contributed by atoms with Crippen LogP contribution in [0.15, 0.2) is 79.4 Å². The van der Waals surface area contributed by atoms with E-state index in [0.717, 1.165) is 11.1 Å². The van der Waals surface area contributed by atoms with Crippen molar-refractivity contribution in [3.63, 3.8) is 0 Å². The fourth-order valence-electron chi connectivity index (χ4n) is 6.88. The molecule has 4 atom stereocenters. The number of carbonyl (C=O) groups is 3. The molecule has 3 aromatic rings. The van der Waals surface area contributed by atoms with Crippen LogP contribution in [-0.4, -0.2) is 60.1 Å². The van der Waals surface area contributed by atoms with Gasteiger partial charge in [0, 0.05) is 35.8 Å². The molecule has 3 aliphatic rings. The van der Waals surface area contributed by atoms with Crippen LogP contribution in [0.5, 0.6) is 5.75 Å². The number of carbonyl (C=O) groups excluding carboxylic acids is 3. The molecular formula is C35H37N3O6. The molecule has 0 aliphatic carbocycles. The molecule has 3 aromatic carbocycles. The lowest BCUT2D eigenvalue weighted by atomic mass is 9.82. The topological polar surface area (TPSA) is 108 Å². The van der Waals surface area contributed by atoms with Crippen LogP contribution in [-0.2, 0) is 32.9 Å². The van der Waals surface area contributed by atoms with Gasteiger partial charge in [-0.15, -0.1) is 6.58 Å². The number of amides is 3. The van der Waals surface area contributed by atoms with Crippen LogP contribution in [0.3, 0.4) is 0 Å². The molecule has 9 nitrogen and oxygen atoms in total. The van der Waals surface area contributed by atoms with Gasteiger partial charge < -0.3 is 29.7 Å². The fourth-order valence-corrected chi connectivity index (χ4v) is 6.88. The van der Waals surface area contributed by atoms with Gasteiger partial charge in [-0.05, 0) is 66.4 Å². The summed E-state index contributed by atoms with van der Waals surface area (Å²) in [6.07, 6.45) is 2.38. The lowest BCUT2D eigenvalue weighted by molar-refractivity contribution is -0.150. The first-order valence-corrected chi connectivity index (χ1v) is 15.0. The highest BCUT2D eigenvalue weighted by molar-refractivity contribution is 6.09. The van der Waals surface area contributed by atoms with E-state index in [0.29, 0.717) is 54.2 Å². The van der Waals surface area contributed by atoms with E-state index in [4.69, 9.17) is 9.47 Å². The Kier molecular flexibility index (Phi) is 8.00. The molecule has 0 radical (unpaired) electrons. The summed E-state index contributed by atoms with van der Waals surface area (Å²) in [5.41, 5.74) is 3.29. The molecule has 9 heteroatoms. The highest BCUT2D eigenvalue weighted by atomic mass is 16.5. The average Bonchev–Trinajstić information content (AvgIpc) is 3.49. The van der Waals surface area contributed by atoms with E-state index in [1.54, 1.807) is 53.3 Å². The van der Waals surface area contributed by atoms with Crippen molar-refractivity contribution in [2.45, 2.75) is 50.5 Å². The molecular weight excluding hydrogens is 558 g/mol. The van der Waals surface area contributed by atoms with Crippen molar-refractivity contribution in [2.24, 2.45) is 5.92 Å². The van der Waals surface area contributed by atoms with Crippen molar-refractivity contribution in [2.75, 3.05) is 30.5 Å². The summed E-state index contributed by atoms with van der Waals surface area (Å²) in [5.74, 6) is -0.182. The summed E-state index contributed by atoms with van der Waals surface area (Å²) < 4.78 is 11.8. The first-order valence-electron chi connectivity index (χ1n) is 15.0. The normalized spacial score (nSPS) is 23.8. The van der Waals surface area contributed by atoms with Crippen LogP contribution in [0.4, 0.5) is 11.4 Å². The number of rotatable bonds is 8. The third kappa shape index (κ3) is 5.06. The third-order valence-electron chi connectivity index (χ3n) is 9.12. The van der Waals surface area contributed by atoms with Crippen molar-refractivity contribution in [1.82, 2.24) is 4.90 Å². The Hall–Kier alpha value is -4.47. The van der Waals surface area contributed by atoms with Crippen molar-refractivity contribution >= 4 is 29.1 Å². The predicted octanol–water partition coefficient (Wildman–Crippen LogP) is 4.44. The third-order valence-corrected chi connectivity index (χ3v) is 9.12. The van der Waals surface area contributed by atoms with Gasteiger partial charge in [-0.25, -0.2) is 0 Å². The summed E-state index contributed by atoms with van der Waals surface area (Å²) in [7, 11) is 1.57. The number of fused-ring (bicyclic) bond motifs is 3. The van der Waals surface area contributed by atoms with Gasteiger partial charge in [0.25, 0.3) is 11.8 Å². The summed E-state index contributed by atoms with van der Waals surface area (Å²) in [5, 5.41) is 13.0. The molecule has 3 aliphatic heterocycles. The van der Waals surface area contributed by atoms with Gasteiger partial charge in [-0.1, -0.05) is 37.3 Å². The first kappa shape index (κ1) is 29.6. The molecule has 1 fully saturated rings. The molecule has 6 rings (SSSR count). The number of aliphatic hydroxyl groups is 1. The SMILES string of the molecule is C=CCN1C(=O)[C@]2(O[C@H](CC(=O)N3Cc4ccccc4C[C@H]3CO)C[C@@H]2C)c2cc(NC(=O)c3ccc(OC)cc3)ccc21. The maximum Gasteiger partial charge on any atom is 0.264 e. The Morgan fingerprint density at radius 3 is 2.59 bits per heavy atom. The summed E-state index contributed by atoms with van der Waals surface area (Å²) in [4.78, 5) is 44.2. The molecule has 228 valence electrons. The van der Waals surface area contributed by atoms with E-state index in [2.05, 4.69) is 11.9 Å². The number of benzene rings is 3. The van der Waals surface area contributed by atoms with Gasteiger partial charge in [0.1, 0.15) is 5.75 Å². The molecule has 1 spiro atoms. The molecule has 44 heavy (non-hydrogen) atoms. The molecule has 0 unspecified atom stereocenters. The minimum atomic E-state index is -1.30. The van der Waals surface area contributed by atoms with Crippen molar-refractivity contribution < 1.29 is 29.0 Å². The van der Waals surface area contributed by atoms with Crippen LogP contribution in [0.1, 0.15) is 46.8 Å². The standard InChI is InChI=1S/C35H37N3O6/c1-4-15-37-31-14-11-26(36-33(41)23-9-12-28(43-3)13-10-23)18-30(31)35(34(37)42)22(2)16-29(44-35)19-32(40)38-20-25-8-6-5-7-24(25)17-27(38)21-39/h4-14,18,22,27,29,39H,1,15-17,19-21H2,2-3H3,(H,36,41)/t22-,27-,29-,35+/m0/s1. The van der Waals surface area contributed by atoms with Crippen molar-refractivity contribution in [3.05, 3.63) is 102 Å². The molecule has 2 N–H and O–H groups in total. The molecule has 1 saturated heterocycles. The Morgan fingerprint density at radius 2 is 1.89 bits per heavy atom. The lowest BCUT2D eigenvalue weighted by Gasteiger charge is -2.36. The molecule has 0 saturated carbocycles. The van der Waals surface area contributed by atoms with Gasteiger partial charge in [0.2, 0.25) is 5.91 Å². The summed E-state index contributed by atoms with van der Waals surface area (Å²) in [6, 6.07) is 19.9. The van der Waals surface area contributed by atoms with E-state index in [-0.39, 0.29) is 42.7 Å². The largest absolute Gasteiger partial charge is 0.497 e. The number of ether oxygens (including phenoxy) is 2. The number of nitrogens with zero attached hydrogens (tertiary/aromatic N) is 2. The fraction of sp³-hybridized carbons (Fsp3) is 0.343. The number of anilines is 2. The Labute approximate surface area is 257 Å². The second kappa shape index (κ2) is 11.9. The van der Waals surface area contributed by atoms with E-state index >= 15 is 0 Å². The monoisotopic (exact) mass is 595 g/mol. The molecule has 3 amide bonds. The van der Waals surface area contributed by atoms with E-state index in [1.165, 1.54) is 0 Å². The second-order valence-corrected chi connectivity index (χ2v) is 11.8. The van der Waals surface area contributed by atoms with Crippen LogP contribution >= 0.6 is 0 Å². The number of nitrogens with one attached hydrogen (secondary N) is 1. The minimum absolute atomic E-state index is 0.0999. The highest BCUT2D eigenvalue weighted by Gasteiger charge is 2.60. The number of methoxy groups -OCH3 is 1.